The van der Waals surface area contributed by atoms with Gasteiger partial charge in [0.2, 0.25) is 0 Å². The normalized spacial score (nSPS) is 12.4. The summed E-state index contributed by atoms with van der Waals surface area (Å²) in [5, 5.41) is 3.34. The van der Waals surface area contributed by atoms with Crippen molar-refractivity contribution in [2.75, 3.05) is 7.05 Å². The first-order valence-corrected chi connectivity index (χ1v) is 7.30. The van der Waals surface area contributed by atoms with E-state index in [1.807, 2.05) is 19.3 Å². The highest BCUT2D eigenvalue weighted by atomic mass is 79.9. The molecule has 0 aliphatic heterocycles. The van der Waals surface area contributed by atoms with E-state index in [1.165, 1.54) is 11.1 Å². The average Bonchev–Trinajstić information content (AvgIpc) is 2.38. The van der Waals surface area contributed by atoms with Gasteiger partial charge in [0.05, 0.1) is 0 Å². The van der Waals surface area contributed by atoms with Crippen LogP contribution in [-0.2, 0) is 6.42 Å². The van der Waals surface area contributed by atoms with Gasteiger partial charge in [-0.25, -0.2) is 0 Å². The van der Waals surface area contributed by atoms with E-state index < -0.39 is 0 Å². The molecule has 0 saturated carbocycles. The van der Waals surface area contributed by atoms with E-state index in [0.717, 1.165) is 15.4 Å². The number of benzene rings is 1. The van der Waals surface area contributed by atoms with E-state index in [4.69, 9.17) is 0 Å². The second-order valence-corrected chi connectivity index (χ2v) is 5.84. The summed E-state index contributed by atoms with van der Waals surface area (Å²) in [4.78, 5) is 4.22. The van der Waals surface area contributed by atoms with E-state index in [-0.39, 0.29) is 6.04 Å². The number of likely N-dealkylation sites (N-methyl/N-ethyl adjacent to an activating group) is 1. The minimum Gasteiger partial charge on any atom is -0.313 e. The van der Waals surface area contributed by atoms with Gasteiger partial charge in [-0.2, -0.15) is 0 Å². The van der Waals surface area contributed by atoms with Gasteiger partial charge < -0.3 is 5.32 Å². The van der Waals surface area contributed by atoms with Crippen LogP contribution in [0.4, 0.5) is 0 Å². The molecule has 2 aromatic rings. The number of rotatable bonds is 4. The number of hydrogen-bond donors (Lipinski definition) is 1. The predicted molar refractivity (Wildman–Crippen MR) is 81.6 cm³/mol. The zero-order valence-electron chi connectivity index (χ0n) is 10.0. The third kappa shape index (κ3) is 3.40. The van der Waals surface area contributed by atoms with E-state index in [9.17, 15) is 0 Å². The van der Waals surface area contributed by atoms with Gasteiger partial charge in [-0.05, 0) is 52.7 Å². The molecule has 0 aliphatic carbocycles. The maximum atomic E-state index is 4.22. The number of nitrogens with one attached hydrogen (secondary N) is 1. The molecule has 94 valence electrons. The Labute approximate surface area is 124 Å². The fourth-order valence-electron chi connectivity index (χ4n) is 1.89. The highest BCUT2D eigenvalue weighted by Crippen LogP contribution is 2.24. The zero-order chi connectivity index (χ0) is 13.0. The van der Waals surface area contributed by atoms with Gasteiger partial charge in [0.25, 0.3) is 0 Å². The summed E-state index contributed by atoms with van der Waals surface area (Å²) in [6.07, 6.45) is 4.63. The average molecular weight is 370 g/mol. The van der Waals surface area contributed by atoms with Crippen molar-refractivity contribution in [2.24, 2.45) is 0 Å². The molecule has 1 atom stereocenters. The van der Waals surface area contributed by atoms with Crippen LogP contribution in [0.2, 0.25) is 0 Å². The Kier molecular flexibility index (Phi) is 4.92. The molecule has 0 amide bonds. The molecule has 1 N–H and O–H groups in total. The van der Waals surface area contributed by atoms with Gasteiger partial charge in [-0.15, -0.1) is 0 Å². The lowest BCUT2D eigenvalue weighted by Gasteiger charge is -2.17. The second-order valence-electron chi connectivity index (χ2n) is 4.07. The van der Waals surface area contributed by atoms with E-state index in [0.29, 0.717) is 0 Å². The van der Waals surface area contributed by atoms with Gasteiger partial charge in [0, 0.05) is 27.4 Å². The maximum Gasteiger partial charge on any atom is 0.0410 e. The lowest BCUT2D eigenvalue weighted by atomic mass is 10.0. The third-order valence-electron chi connectivity index (χ3n) is 2.86. The van der Waals surface area contributed by atoms with Gasteiger partial charge in [0.15, 0.2) is 0 Å². The molecule has 18 heavy (non-hydrogen) atoms. The molecular weight excluding hydrogens is 356 g/mol. The van der Waals surface area contributed by atoms with E-state index in [1.54, 1.807) is 6.20 Å². The summed E-state index contributed by atoms with van der Waals surface area (Å²) in [6, 6.07) is 10.7. The van der Waals surface area contributed by atoms with Crippen molar-refractivity contribution in [3.05, 3.63) is 62.8 Å². The van der Waals surface area contributed by atoms with E-state index in [2.05, 4.69) is 66.4 Å². The molecule has 2 rings (SSSR count). The maximum absolute atomic E-state index is 4.22. The second kappa shape index (κ2) is 6.45. The van der Waals surface area contributed by atoms with Crippen molar-refractivity contribution in [3.63, 3.8) is 0 Å². The molecule has 1 unspecified atom stereocenters. The van der Waals surface area contributed by atoms with Crippen molar-refractivity contribution in [3.8, 4) is 0 Å². The molecule has 4 heteroatoms. The molecule has 1 aromatic carbocycles. The molecule has 1 aromatic heterocycles. The molecule has 0 bridgehead atoms. The molecule has 0 radical (unpaired) electrons. The predicted octanol–water partition coefficient (Wildman–Crippen LogP) is 4.11. The Morgan fingerprint density at radius 2 is 2.00 bits per heavy atom. The standard InChI is InChI=1S/C14H14Br2N2/c1-17-14(11-6-12(15)9-18-8-11)7-10-4-2-3-5-13(10)16/h2-6,8-9,14,17H,7H2,1H3. The van der Waals surface area contributed by atoms with Crippen LogP contribution in [0.3, 0.4) is 0 Å². The number of halogens is 2. The summed E-state index contributed by atoms with van der Waals surface area (Å²) in [7, 11) is 1.97. The first kappa shape index (κ1) is 13.7. The fourth-order valence-corrected chi connectivity index (χ4v) is 2.72. The molecule has 1 heterocycles. The number of aromatic nitrogens is 1. The van der Waals surface area contributed by atoms with Crippen LogP contribution in [0.1, 0.15) is 17.2 Å². The van der Waals surface area contributed by atoms with Crippen molar-refractivity contribution in [1.82, 2.24) is 10.3 Å². The van der Waals surface area contributed by atoms with Crippen LogP contribution < -0.4 is 5.32 Å². The summed E-state index contributed by atoms with van der Waals surface area (Å²) >= 11 is 7.05. The summed E-state index contributed by atoms with van der Waals surface area (Å²) in [5.41, 5.74) is 2.47. The van der Waals surface area contributed by atoms with Crippen molar-refractivity contribution in [2.45, 2.75) is 12.5 Å². The van der Waals surface area contributed by atoms with Crippen molar-refractivity contribution < 1.29 is 0 Å². The van der Waals surface area contributed by atoms with E-state index >= 15 is 0 Å². The number of pyridine rings is 1. The van der Waals surface area contributed by atoms with Crippen molar-refractivity contribution >= 4 is 31.9 Å². The fraction of sp³-hybridized carbons (Fsp3) is 0.214. The molecule has 0 fully saturated rings. The first-order valence-electron chi connectivity index (χ1n) is 5.72. The highest BCUT2D eigenvalue weighted by Gasteiger charge is 2.12. The van der Waals surface area contributed by atoms with Crippen LogP contribution in [0.5, 0.6) is 0 Å². The van der Waals surface area contributed by atoms with Crippen LogP contribution in [0.15, 0.2) is 51.7 Å². The lowest BCUT2D eigenvalue weighted by molar-refractivity contribution is 0.588. The topological polar surface area (TPSA) is 24.9 Å². The van der Waals surface area contributed by atoms with Crippen LogP contribution in [-0.4, -0.2) is 12.0 Å². The van der Waals surface area contributed by atoms with Crippen molar-refractivity contribution in [1.29, 1.82) is 0 Å². The Morgan fingerprint density at radius 3 is 2.67 bits per heavy atom. The smallest absolute Gasteiger partial charge is 0.0410 e. The summed E-state index contributed by atoms with van der Waals surface area (Å²) < 4.78 is 2.15. The highest BCUT2D eigenvalue weighted by molar-refractivity contribution is 9.10. The summed E-state index contributed by atoms with van der Waals surface area (Å²) in [6.45, 7) is 0. The number of nitrogens with zero attached hydrogens (tertiary/aromatic N) is 1. The Hall–Kier alpha value is -0.710. The molecule has 0 saturated heterocycles. The van der Waals surface area contributed by atoms with Gasteiger partial charge in [0.1, 0.15) is 0 Å². The largest absolute Gasteiger partial charge is 0.313 e. The Morgan fingerprint density at radius 1 is 1.22 bits per heavy atom. The molecular formula is C14H14Br2N2. The Balaban J connectivity index is 2.23. The van der Waals surface area contributed by atoms with Crippen LogP contribution in [0, 0.1) is 0 Å². The first-order chi connectivity index (χ1) is 8.70. The zero-order valence-corrected chi connectivity index (χ0v) is 13.2. The summed E-state index contributed by atoms with van der Waals surface area (Å²) in [5.74, 6) is 0. The third-order valence-corrected chi connectivity index (χ3v) is 4.07. The van der Waals surface area contributed by atoms with Gasteiger partial charge in [-0.1, -0.05) is 34.1 Å². The van der Waals surface area contributed by atoms with Gasteiger partial charge >= 0.3 is 0 Å². The molecule has 0 aliphatic rings. The monoisotopic (exact) mass is 368 g/mol. The van der Waals surface area contributed by atoms with Crippen LogP contribution >= 0.6 is 31.9 Å². The number of hydrogen-bond acceptors (Lipinski definition) is 2. The van der Waals surface area contributed by atoms with Gasteiger partial charge in [-0.3, -0.25) is 4.98 Å². The van der Waals surface area contributed by atoms with Crippen LogP contribution in [0.25, 0.3) is 0 Å². The lowest BCUT2D eigenvalue weighted by Crippen LogP contribution is -2.19. The quantitative estimate of drug-likeness (QED) is 0.877. The minimum atomic E-state index is 0.258. The minimum absolute atomic E-state index is 0.258. The molecule has 0 spiro atoms. The Bertz CT molecular complexity index is 529. The SMILES string of the molecule is CNC(Cc1ccccc1Br)c1cncc(Br)c1. The molecule has 2 nitrogen and oxygen atoms in total.